The number of H-pyrrole nitrogens is 1. The fourth-order valence-corrected chi connectivity index (χ4v) is 2.04. The van der Waals surface area contributed by atoms with Crippen molar-refractivity contribution in [3.63, 3.8) is 0 Å². The van der Waals surface area contributed by atoms with Crippen LogP contribution in [-0.4, -0.2) is 44.2 Å². The van der Waals surface area contributed by atoms with Gasteiger partial charge >= 0.3 is 0 Å². The maximum Gasteiger partial charge on any atom is 0.225 e. The number of nitrogens with zero attached hydrogens (tertiary/aromatic N) is 3. The second-order valence-corrected chi connectivity index (χ2v) is 4.17. The standard InChI is InChI=1S/C9H13N5OS/c1-2-10-9-12-7-6(5-11-14-7)8(13-9)16-4-3-15/h5,15H,2-4H2,1H3,(H2,10,11,12,13,14). The summed E-state index contributed by atoms with van der Waals surface area (Å²) in [7, 11) is 0. The minimum absolute atomic E-state index is 0.130. The van der Waals surface area contributed by atoms with Crippen molar-refractivity contribution in [2.45, 2.75) is 11.9 Å². The van der Waals surface area contributed by atoms with Gasteiger partial charge in [0, 0.05) is 12.3 Å². The Hall–Kier alpha value is -1.34. The van der Waals surface area contributed by atoms with Crippen molar-refractivity contribution >= 4 is 28.7 Å². The van der Waals surface area contributed by atoms with Gasteiger partial charge in [-0.25, -0.2) is 4.98 Å². The van der Waals surface area contributed by atoms with Gasteiger partial charge in [-0.3, -0.25) is 5.10 Å². The lowest BCUT2D eigenvalue weighted by Gasteiger charge is -2.04. The molecular formula is C9H13N5OS. The molecule has 0 radical (unpaired) electrons. The van der Waals surface area contributed by atoms with E-state index in [1.165, 1.54) is 11.8 Å². The highest BCUT2D eigenvalue weighted by atomic mass is 32.2. The summed E-state index contributed by atoms with van der Waals surface area (Å²) in [4.78, 5) is 8.65. The summed E-state index contributed by atoms with van der Waals surface area (Å²) in [6.45, 7) is 2.88. The molecule has 2 heterocycles. The van der Waals surface area contributed by atoms with Gasteiger partial charge in [-0.2, -0.15) is 10.1 Å². The van der Waals surface area contributed by atoms with Crippen LogP contribution in [0, 0.1) is 0 Å². The first-order chi connectivity index (χ1) is 7.85. The van der Waals surface area contributed by atoms with Gasteiger partial charge in [-0.15, -0.1) is 11.8 Å². The molecule has 0 aromatic carbocycles. The highest BCUT2D eigenvalue weighted by molar-refractivity contribution is 7.99. The van der Waals surface area contributed by atoms with Gasteiger partial charge in [-0.1, -0.05) is 0 Å². The van der Waals surface area contributed by atoms with E-state index in [9.17, 15) is 0 Å². The van der Waals surface area contributed by atoms with Gasteiger partial charge < -0.3 is 10.4 Å². The summed E-state index contributed by atoms with van der Waals surface area (Å²) in [5.74, 6) is 1.20. The molecule has 0 aliphatic rings. The van der Waals surface area contributed by atoms with Crippen LogP contribution in [0.3, 0.4) is 0 Å². The van der Waals surface area contributed by atoms with Gasteiger partial charge in [0.15, 0.2) is 5.65 Å². The fourth-order valence-electron chi connectivity index (χ4n) is 1.30. The summed E-state index contributed by atoms with van der Waals surface area (Å²) >= 11 is 1.49. The normalized spacial score (nSPS) is 10.9. The monoisotopic (exact) mass is 239 g/mol. The fraction of sp³-hybridized carbons (Fsp3) is 0.444. The van der Waals surface area contributed by atoms with Crippen molar-refractivity contribution in [3.05, 3.63) is 6.20 Å². The number of nitrogens with one attached hydrogen (secondary N) is 2. The van der Waals surface area contributed by atoms with Gasteiger partial charge in [0.1, 0.15) is 5.03 Å². The maximum atomic E-state index is 8.82. The molecular weight excluding hydrogens is 226 g/mol. The molecule has 0 amide bonds. The van der Waals surface area contributed by atoms with Crippen LogP contribution in [0.25, 0.3) is 11.0 Å². The van der Waals surface area contributed by atoms with E-state index in [4.69, 9.17) is 5.11 Å². The number of hydrogen-bond acceptors (Lipinski definition) is 6. The topological polar surface area (TPSA) is 86.7 Å². The van der Waals surface area contributed by atoms with E-state index in [-0.39, 0.29) is 6.61 Å². The molecule has 0 aliphatic carbocycles. The number of aliphatic hydroxyl groups is 1. The molecule has 2 aromatic heterocycles. The molecule has 7 heteroatoms. The van der Waals surface area contributed by atoms with Crippen LogP contribution >= 0.6 is 11.8 Å². The maximum absolute atomic E-state index is 8.82. The molecule has 86 valence electrons. The summed E-state index contributed by atoms with van der Waals surface area (Å²) in [5, 5.41) is 20.4. The number of aromatic nitrogens is 4. The van der Waals surface area contributed by atoms with E-state index in [0.717, 1.165) is 17.0 Å². The molecule has 0 spiro atoms. The molecule has 0 saturated carbocycles. The molecule has 0 bridgehead atoms. The van der Waals surface area contributed by atoms with E-state index < -0.39 is 0 Å². The van der Waals surface area contributed by atoms with Crippen molar-refractivity contribution in [2.24, 2.45) is 0 Å². The van der Waals surface area contributed by atoms with Crippen LogP contribution in [0.15, 0.2) is 11.2 Å². The summed E-state index contributed by atoms with van der Waals surface area (Å²) in [6, 6.07) is 0. The zero-order valence-corrected chi connectivity index (χ0v) is 9.71. The van der Waals surface area contributed by atoms with Crippen LogP contribution < -0.4 is 5.32 Å². The molecule has 16 heavy (non-hydrogen) atoms. The van der Waals surface area contributed by atoms with Crippen molar-refractivity contribution in [2.75, 3.05) is 24.2 Å². The van der Waals surface area contributed by atoms with Gasteiger partial charge in [-0.05, 0) is 6.92 Å². The Bertz CT molecular complexity index is 472. The van der Waals surface area contributed by atoms with Gasteiger partial charge in [0.05, 0.1) is 18.2 Å². The predicted octanol–water partition coefficient (Wildman–Crippen LogP) is 0.869. The summed E-state index contributed by atoms with van der Waals surface area (Å²) < 4.78 is 0. The molecule has 3 N–H and O–H groups in total. The third-order valence-corrected chi connectivity index (χ3v) is 2.91. The minimum atomic E-state index is 0.130. The highest BCUT2D eigenvalue weighted by Crippen LogP contribution is 2.24. The van der Waals surface area contributed by atoms with E-state index in [1.807, 2.05) is 6.92 Å². The molecule has 2 rings (SSSR count). The second kappa shape index (κ2) is 5.13. The third kappa shape index (κ3) is 2.25. The second-order valence-electron chi connectivity index (χ2n) is 3.09. The first-order valence-corrected chi connectivity index (χ1v) is 6.02. The Balaban J connectivity index is 2.38. The molecule has 2 aromatic rings. The number of rotatable bonds is 5. The average molecular weight is 239 g/mol. The number of fused-ring (bicyclic) bond motifs is 1. The number of aliphatic hydroxyl groups excluding tert-OH is 1. The Kier molecular flexibility index (Phi) is 3.58. The lowest BCUT2D eigenvalue weighted by atomic mass is 10.4. The number of thioether (sulfide) groups is 1. The van der Waals surface area contributed by atoms with Crippen LogP contribution in [0.4, 0.5) is 5.95 Å². The highest BCUT2D eigenvalue weighted by Gasteiger charge is 2.09. The smallest absolute Gasteiger partial charge is 0.225 e. The van der Waals surface area contributed by atoms with Gasteiger partial charge in [0.25, 0.3) is 0 Å². The van der Waals surface area contributed by atoms with Crippen LogP contribution in [-0.2, 0) is 0 Å². The number of aromatic amines is 1. The number of anilines is 1. The first kappa shape index (κ1) is 11.2. The number of hydrogen-bond donors (Lipinski definition) is 3. The molecule has 0 fully saturated rings. The minimum Gasteiger partial charge on any atom is -0.396 e. The van der Waals surface area contributed by atoms with Crippen molar-refractivity contribution < 1.29 is 5.11 Å². The zero-order chi connectivity index (χ0) is 11.4. The molecule has 0 saturated heterocycles. The van der Waals surface area contributed by atoms with E-state index >= 15 is 0 Å². The average Bonchev–Trinajstić information content (AvgIpc) is 2.74. The van der Waals surface area contributed by atoms with Crippen molar-refractivity contribution in [1.82, 2.24) is 20.2 Å². The predicted molar refractivity (Wildman–Crippen MR) is 63.7 cm³/mol. The quantitative estimate of drug-likeness (QED) is 0.530. The van der Waals surface area contributed by atoms with Crippen LogP contribution in [0.1, 0.15) is 6.92 Å². The van der Waals surface area contributed by atoms with Gasteiger partial charge in [0.2, 0.25) is 5.95 Å². The summed E-state index contributed by atoms with van der Waals surface area (Å²) in [6.07, 6.45) is 1.70. The SMILES string of the molecule is CCNc1nc(SCCO)c2cn[nH]c2n1. The lowest BCUT2D eigenvalue weighted by Crippen LogP contribution is -2.03. The Morgan fingerprint density at radius 2 is 2.38 bits per heavy atom. The third-order valence-electron chi connectivity index (χ3n) is 1.94. The van der Waals surface area contributed by atoms with Crippen LogP contribution in [0.5, 0.6) is 0 Å². The zero-order valence-electron chi connectivity index (χ0n) is 8.90. The Labute approximate surface area is 96.9 Å². The molecule has 6 nitrogen and oxygen atoms in total. The Morgan fingerprint density at radius 1 is 1.50 bits per heavy atom. The van der Waals surface area contributed by atoms with Crippen molar-refractivity contribution in [1.29, 1.82) is 0 Å². The van der Waals surface area contributed by atoms with E-state index in [2.05, 4.69) is 25.5 Å². The molecule has 0 aliphatic heterocycles. The lowest BCUT2D eigenvalue weighted by molar-refractivity contribution is 0.322. The summed E-state index contributed by atoms with van der Waals surface area (Å²) in [5.41, 5.74) is 0.714. The van der Waals surface area contributed by atoms with Crippen LogP contribution in [0.2, 0.25) is 0 Å². The van der Waals surface area contributed by atoms with Crippen molar-refractivity contribution in [3.8, 4) is 0 Å². The largest absolute Gasteiger partial charge is 0.396 e. The van der Waals surface area contributed by atoms with E-state index in [0.29, 0.717) is 17.3 Å². The van der Waals surface area contributed by atoms with E-state index in [1.54, 1.807) is 6.20 Å². The molecule has 0 atom stereocenters. The Morgan fingerprint density at radius 3 is 3.12 bits per heavy atom. The first-order valence-electron chi connectivity index (χ1n) is 5.03. The molecule has 0 unspecified atom stereocenters.